The lowest BCUT2D eigenvalue weighted by molar-refractivity contribution is 0.0913. The number of hydrogen-bond acceptors (Lipinski definition) is 4. The second-order valence-corrected chi connectivity index (χ2v) is 5.58. The molecule has 0 aliphatic heterocycles. The molecule has 0 unspecified atom stereocenters. The number of amides is 1. The highest BCUT2D eigenvalue weighted by Crippen LogP contribution is 2.22. The molecule has 0 saturated heterocycles. The van der Waals surface area contributed by atoms with Crippen LogP contribution in [0.5, 0.6) is 11.5 Å². The number of phenols is 1. The molecular weight excluding hydrogens is 350 g/mol. The van der Waals surface area contributed by atoms with Gasteiger partial charge in [0.2, 0.25) is 0 Å². The number of hydrogen-bond donors (Lipinski definition) is 3. The summed E-state index contributed by atoms with van der Waals surface area (Å²) in [6.45, 7) is 0.0388. The number of methoxy groups -OCH3 is 1. The molecule has 2 aromatic carbocycles. The van der Waals surface area contributed by atoms with E-state index in [0.717, 1.165) is 0 Å². The molecule has 0 heterocycles. The van der Waals surface area contributed by atoms with E-state index in [1.165, 1.54) is 12.1 Å². The third-order valence-corrected chi connectivity index (χ3v) is 3.65. The molecule has 1 amide bonds. The summed E-state index contributed by atoms with van der Waals surface area (Å²) in [5.41, 5.74) is 0.816. The van der Waals surface area contributed by atoms with Gasteiger partial charge in [-0.25, -0.2) is 0 Å². The number of rotatable bonds is 5. The zero-order valence-electron chi connectivity index (χ0n) is 11.9. The zero-order chi connectivity index (χ0) is 16.1. The quantitative estimate of drug-likeness (QED) is 0.760. The van der Waals surface area contributed by atoms with E-state index in [1.54, 1.807) is 37.4 Å². The molecule has 2 aromatic rings. The highest BCUT2D eigenvalue weighted by molar-refractivity contribution is 9.10. The number of ether oxygens (including phenoxy) is 1. The van der Waals surface area contributed by atoms with Gasteiger partial charge in [-0.2, -0.15) is 0 Å². The number of benzene rings is 2. The molecule has 0 aliphatic carbocycles. The van der Waals surface area contributed by atoms with E-state index in [-0.39, 0.29) is 17.9 Å². The monoisotopic (exact) mass is 365 g/mol. The molecule has 1 atom stereocenters. The first-order valence-corrected chi connectivity index (χ1v) is 7.39. The van der Waals surface area contributed by atoms with Crippen LogP contribution in [0.25, 0.3) is 0 Å². The lowest BCUT2D eigenvalue weighted by Gasteiger charge is -2.13. The fourth-order valence-corrected chi connectivity index (χ4v) is 2.28. The number of aliphatic hydroxyl groups excluding tert-OH is 1. The molecule has 2 rings (SSSR count). The van der Waals surface area contributed by atoms with Crippen LogP contribution in [0.2, 0.25) is 0 Å². The van der Waals surface area contributed by atoms with Crippen molar-refractivity contribution in [1.82, 2.24) is 5.32 Å². The van der Waals surface area contributed by atoms with Gasteiger partial charge < -0.3 is 20.3 Å². The number of nitrogens with one attached hydrogen (secondary N) is 1. The number of aromatic hydroxyl groups is 1. The van der Waals surface area contributed by atoms with Crippen molar-refractivity contribution in [2.45, 2.75) is 6.10 Å². The second-order valence-electron chi connectivity index (χ2n) is 4.66. The van der Waals surface area contributed by atoms with Crippen LogP contribution >= 0.6 is 15.9 Å². The standard InChI is InChI=1S/C16H16BrNO4/c1-22-12-5-2-10(3-6-12)15(20)9-18-16(21)13-8-11(17)4-7-14(13)19/h2-8,15,19-20H,9H2,1H3,(H,18,21)/t15-/m1/s1. The molecular formula is C16H16BrNO4. The van der Waals surface area contributed by atoms with Crippen molar-refractivity contribution in [2.75, 3.05) is 13.7 Å². The van der Waals surface area contributed by atoms with Crippen molar-refractivity contribution in [2.24, 2.45) is 0 Å². The van der Waals surface area contributed by atoms with E-state index < -0.39 is 12.0 Å². The Balaban J connectivity index is 1.99. The summed E-state index contributed by atoms with van der Waals surface area (Å²) in [5.74, 6) is 0.130. The van der Waals surface area contributed by atoms with Crippen LogP contribution in [0, 0.1) is 0 Å². The van der Waals surface area contributed by atoms with Crippen LogP contribution in [-0.2, 0) is 0 Å². The van der Waals surface area contributed by atoms with Crippen LogP contribution in [0.15, 0.2) is 46.9 Å². The van der Waals surface area contributed by atoms with Crippen LogP contribution < -0.4 is 10.1 Å². The molecule has 22 heavy (non-hydrogen) atoms. The summed E-state index contributed by atoms with van der Waals surface area (Å²) in [7, 11) is 1.57. The topological polar surface area (TPSA) is 78.8 Å². The molecule has 0 spiro atoms. The van der Waals surface area contributed by atoms with Gasteiger partial charge in [0.15, 0.2) is 0 Å². The van der Waals surface area contributed by atoms with Gasteiger partial charge in [0.05, 0.1) is 18.8 Å². The van der Waals surface area contributed by atoms with E-state index >= 15 is 0 Å². The summed E-state index contributed by atoms with van der Waals surface area (Å²) >= 11 is 3.24. The summed E-state index contributed by atoms with van der Waals surface area (Å²) < 4.78 is 5.73. The first-order chi connectivity index (χ1) is 10.5. The van der Waals surface area contributed by atoms with Gasteiger partial charge in [0, 0.05) is 11.0 Å². The molecule has 0 radical (unpaired) electrons. The average Bonchev–Trinajstić information content (AvgIpc) is 2.54. The van der Waals surface area contributed by atoms with Gasteiger partial charge in [0.1, 0.15) is 11.5 Å². The number of carbonyl (C=O) groups excluding carboxylic acids is 1. The van der Waals surface area contributed by atoms with E-state index in [9.17, 15) is 15.0 Å². The molecule has 3 N–H and O–H groups in total. The Bertz CT molecular complexity index is 658. The Hall–Kier alpha value is -2.05. The largest absolute Gasteiger partial charge is 0.507 e. The summed E-state index contributed by atoms with van der Waals surface area (Å²) in [4.78, 5) is 12.0. The smallest absolute Gasteiger partial charge is 0.255 e. The van der Waals surface area contributed by atoms with Crippen molar-refractivity contribution in [3.8, 4) is 11.5 Å². The van der Waals surface area contributed by atoms with Gasteiger partial charge in [0.25, 0.3) is 5.91 Å². The van der Waals surface area contributed by atoms with Crippen molar-refractivity contribution in [3.05, 3.63) is 58.1 Å². The zero-order valence-corrected chi connectivity index (χ0v) is 13.5. The first kappa shape index (κ1) is 16.3. The molecule has 0 aromatic heterocycles. The fourth-order valence-electron chi connectivity index (χ4n) is 1.92. The molecule has 0 bridgehead atoms. The Morgan fingerprint density at radius 1 is 1.27 bits per heavy atom. The molecule has 116 valence electrons. The maximum absolute atomic E-state index is 12.0. The fraction of sp³-hybridized carbons (Fsp3) is 0.188. The highest BCUT2D eigenvalue weighted by Gasteiger charge is 2.14. The Labute approximate surface area is 136 Å². The third kappa shape index (κ3) is 3.99. The van der Waals surface area contributed by atoms with Crippen LogP contribution in [-0.4, -0.2) is 29.8 Å². The molecule has 0 saturated carbocycles. The van der Waals surface area contributed by atoms with Crippen molar-refractivity contribution >= 4 is 21.8 Å². The normalized spacial score (nSPS) is 11.8. The molecule has 6 heteroatoms. The Morgan fingerprint density at radius 2 is 1.95 bits per heavy atom. The van der Waals surface area contributed by atoms with Crippen molar-refractivity contribution in [1.29, 1.82) is 0 Å². The van der Waals surface area contributed by atoms with Gasteiger partial charge in [-0.15, -0.1) is 0 Å². The summed E-state index contributed by atoms with van der Waals surface area (Å²) in [6, 6.07) is 11.5. The van der Waals surface area contributed by atoms with Crippen LogP contribution in [0.4, 0.5) is 0 Å². The molecule has 5 nitrogen and oxygen atoms in total. The Kier molecular flexibility index (Phi) is 5.41. The lowest BCUT2D eigenvalue weighted by Crippen LogP contribution is -2.28. The van der Waals surface area contributed by atoms with E-state index in [2.05, 4.69) is 21.2 Å². The van der Waals surface area contributed by atoms with E-state index in [0.29, 0.717) is 15.8 Å². The number of aliphatic hydroxyl groups is 1. The predicted octanol–water partition coefficient (Wildman–Crippen LogP) is 2.63. The maximum atomic E-state index is 12.0. The van der Waals surface area contributed by atoms with Crippen molar-refractivity contribution < 1.29 is 19.7 Å². The SMILES string of the molecule is COc1ccc([C@H](O)CNC(=O)c2cc(Br)ccc2O)cc1. The summed E-state index contributed by atoms with van der Waals surface area (Å²) in [6.07, 6.45) is -0.843. The van der Waals surface area contributed by atoms with Gasteiger partial charge in [-0.1, -0.05) is 28.1 Å². The lowest BCUT2D eigenvalue weighted by atomic mass is 10.1. The van der Waals surface area contributed by atoms with Gasteiger partial charge in [-0.05, 0) is 35.9 Å². The minimum absolute atomic E-state index is 0.0388. The minimum Gasteiger partial charge on any atom is -0.507 e. The van der Waals surface area contributed by atoms with Crippen molar-refractivity contribution in [3.63, 3.8) is 0 Å². The molecule has 0 aliphatic rings. The van der Waals surface area contributed by atoms with E-state index in [1.807, 2.05) is 0 Å². The summed E-state index contributed by atoms with van der Waals surface area (Å²) in [5, 5.41) is 22.4. The number of halogens is 1. The maximum Gasteiger partial charge on any atom is 0.255 e. The number of phenolic OH excluding ortho intramolecular Hbond substituents is 1. The number of carbonyl (C=O) groups is 1. The molecule has 0 fully saturated rings. The highest BCUT2D eigenvalue weighted by atomic mass is 79.9. The second kappa shape index (κ2) is 7.29. The van der Waals surface area contributed by atoms with E-state index in [4.69, 9.17) is 4.74 Å². The van der Waals surface area contributed by atoms with Crippen LogP contribution in [0.1, 0.15) is 22.0 Å². The third-order valence-electron chi connectivity index (χ3n) is 3.16. The predicted molar refractivity (Wildman–Crippen MR) is 86.1 cm³/mol. The average molecular weight is 366 g/mol. The van der Waals surface area contributed by atoms with Crippen LogP contribution in [0.3, 0.4) is 0 Å². The Morgan fingerprint density at radius 3 is 2.59 bits per heavy atom. The first-order valence-electron chi connectivity index (χ1n) is 6.60. The van der Waals surface area contributed by atoms with Gasteiger partial charge in [-0.3, -0.25) is 4.79 Å². The van der Waals surface area contributed by atoms with Gasteiger partial charge >= 0.3 is 0 Å². The minimum atomic E-state index is -0.843.